The van der Waals surface area contributed by atoms with Crippen LogP contribution in [-0.4, -0.2) is 43.8 Å². The number of carbonyl (C=O) groups is 2. The molecule has 0 spiro atoms. The number of nitrogens with zero attached hydrogens (tertiary/aromatic N) is 2. The van der Waals surface area contributed by atoms with Crippen molar-refractivity contribution in [3.05, 3.63) is 131 Å². The number of rotatable bonds is 12. The fraction of sp³-hybridized carbons (Fsp3) is 0.333. The van der Waals surface area contributed by atoms with E-state index in [1.54, 1.807) is 48.5 Å². The zero-order valence-corrected chi connectivity index (χ0v) is 28.7. The molecule has 2 amide bonds. The van der Waals surface area contributed by atoms with Crippen molar-refractivity contribution < 1.29 is 22.4 Å². The van der Waals surface area contributed by atoms with Gasteiger partial charge in [0.15, 0.2) is 0 Å². The van der Waals surface area contributed by atoms with E-state index in [1.165, 1.54) is 17.0 Å². The molecule has 0 radical (unpaired) electrons. The van der Waals surface area contributed by atoms with E-state index in [2.05, 4.69) is 5.32 Å². The van der Waals surface area contributed by atoms with Gasteiger partial charge in [0, 0.05) is 19.0 Å². The smallest absolute Gasteiger partial charge is 0.264 e. The molecule has 252 valence electrons. The summed E-state index contributed by atoms with van der Waals surface area (Å²) in [5.41, 5.74) is 4.37. The van der Waals surface area contributed by atoms with Crippen molar-refractivity contribution in [1.82, 2.24) is 10.2 Å². The molecule has 1 N–H and O–H groups in total. The minimum Gasteiger partial charge on any atom is -0.352 e. The second kappa shape index (κ2) is 15.6. The van der Waals surface area contributed by atoms with E-state index >= 15 is 0 Å². The van der Waals surface area contributed by atoms with Gasteiger partial charge >= 0.3 is 0 Å². The van der Waals surface area contributed by atoms with Gasteiger partial charge in [-0.05, 0) is 86.2 Å². The molecule has 4 aromatic carbocycles. The highest BCUT2D eigenvalue weighted by Crippen LogP contribution is 2.30. The first-order chi connectivity index (χ1) is 23.0. The average Bonchev–Trinajstić information content (AvgIpc) is 3.08. The number of hydrogen-bond acceptors (Lipinski definition) is 4. The highest BCUT2D eigenvalue weighted by atomic mass is 32.2. The number of hydrogen-bond donors (Lipinski definition) is 1. The predicted molar refractivity (Wildman–Crippen MR) is 188 cm³/mol. The minimum atomic E-state index is -4.21. The van der Waals surface area contributed by atoms with E-state index in [1.807, 2.05) is 57.2 Å². The number of sulfonamides is 1. The van der Waals surface area contributed by atoms with Gasteiger partial charge < -0.3 is 10.2 Å². The van der Waals surface area contributed by atoms with Crippen molar-refractivity contribution in [3.63, 3.8) is 0 Å². The number of halogens is 1. The van der Waals surface area contributed by atoms with Gasteiger partial charge in [0.05, 0.1) is 10.6 Å². The Balaban J connectivity index is 1.58. The van der Waals surface area contributed by atoms with E-state index in [0.29, 0.717) is 11.3 Å². The average molecular weight is 670 g/mol. The van der Waals surface area contributed by atoms with Crippen LogP contribution in [0, 0.1) is 26.6 Å². The quantitative estimate of drug-likeness (QED) is 0.176. The van der Waals surface area contributed by atoms with Crippen molar-refractivity contribution in [2.75, 3.05) is 10.8 Å². The molecular weight excluding hydrogens is 626 g/mol. The Bertz CT molecular complexity index is 1810. The fourth-order valence-electron chi connectivity index (χ4n) is 6.24. The van der Waals surface area contributed by atoms with Crippen molar-refractivity contribution in [2.45, 2.75) is 82.8 Å². The molecule has 5 rings (SSSR count). The lowest BCUT2D eigenvalue weighted by molar-refractivity contribution is -0.140. The van der Waals surface area contributed by atoms with Crippen LogP contribution in [-0.2, 0) is 32.6 Å². The molecule has 0 aromatic heterocycles. The van der Waals surface area contributed by atoms with Gasteiger partial charge in [-0.3, -0.25) is 13.9 Å². The lowest BCUT2D eigenvalue weighted by Crippen LogP contribution is -2.55. The van der Waals surface area contributed by atoms with Gasteiger partial charge in [-0.15, -0.1) is 0 Å². The Morgan fingerprint density at radius 2 is 1.48 bits per heavy atom. The normalized spacial score (nSPS) is 14.2. The standard InChI is InChI=1S/C39H44FN3O4S/c1-28-17-23-35(24-18-28)48(46,47)43(36-16-10-11-29(2)30(36)3)27-38(44)42(26-32-19-21-33(40)22-20-32)37(25-31-12-6-4-7-13-31)39(45)41-34-14-8-5-9-15-34/h4,6-7,10-13,16-24,34,37H,5,8-9,14-15,25-27H2,1-3H3,(H,41,45)/t37-/m1/s1. The predicted octanol–water partition coefficient (Wildman–Crippen LogP) is 7.04. The van der Waals surface area contributed by atoms with Gasteiger partial charge in [-0.1, -0.05) is 91.6 Å². The summed E-state index contributed by atoms with van der Waals surface area (Å²) in [6.07, 6.45) is 5.12. The second-order valence-corrected chi connectivity index (χ2v) is 14.6. The largest absolute Gasteiger partial charge is 0.352 e. The van der Waals surface area contributed by atoms with E-state index in [0.717, 1.165) is 58.7 Å². The summed E-state index contributed by atoms with van der Waals surface area (Å²) < 4.78 is 43.8. The summed E-state index contributed by atoms with van der Waals surface area (Å²) in [6, 6.07) is 26.2. The van der Waals surface area contributed by atoms with Crippen molar-refractivity contribution in [3.8, 4) is 0 Å². The zero-order chi connectivity index (χ0) is 34.3. The molecule has 1 aliphatic rings. The monoisotopic (exact) mass is 669 g/mol. The maximum atomic E-state index is 14.7. The summed E-state index contributed by atoms with van der Waals surface area (Å²) in [6.45, 7) is 5.05. The second-order valence-electron chi connectivity index (χ2n) is 12.7. The topological polar surface area (TPSA) is 86.8 Å². The molecule has 1 saturated carbocycles. The highest BCUT2D eigenvalue weighted by molar-refractivity contribution is 7.92. The van der Waals surface area contributed by atoms with Crippen LogP contribution in [0.5, 0.6) is 0 Å². The number of amides is 2. The molecule has 1 atom stereocenters. The van der Waals surface area contributed by atoms with Gasteiger partial charge in [0.25, 0.3) is 10.0 Å². The van der Waals surface area contributed by atoms with Crippen molar-refractivity contribution in [1.29, 1.82) is 0 Å². The van der Waals surface area contributed by atoms with Crippen molar-refractivity contribution >= 4 is 27.5 Å². The Morgan fingerprint density at radius 3 is 2.15 bits per heavy atom. The third kappa shape index (κ3) is 8.50. The lowest BCUT2D eigenvalue weighted by atomic mass is 9.94. The number of nitrogens with one attached hydrogen (secondary N) is 1. The van der Waals surface area contributed by atoms with Crippen LogP contribution in [0.2, 0.25) is 0 Å². The maximum Gasteiger partial charge on any atom is 0.264 e. The fourth-order valence-corrected chi connectivity index (χ4v) is 7.71. The molecule has 0 saturated heterocycles. The Morgan fingerprint density at radius 1 is 0.812 bits per heavy atom. The van der Waals surface area contributed by atoms with Gasteiger partial charge in [0.2, 0.25) is 11.8 Å². The molecule has 0 unspecified atom stereocenters. The third-order valence-electron chi connectivity index (χ3n) is 9.22. The van der Waals surface area contributed by atoms with Crippen LogP contribution < -0.4 is 9.62 Å². The van der Waals surface area contributed by atoms with Gasteiger partial charge in [-0.2, -0.15) is 0 Å². The number of benzene rings is 4. The van der Waals surface area contributed by atoms with Crippen molar-refractivity contribution in [2.24, 2.45) is 0 Å². The SMILES string of the molecule is Cc1ccc(S(=O)(=O)N(CC(=O)N(Cc2ccc(F)cc2)[C@H](Cc2ccccc2)C(=O)NC2CCCCC2)c2cccc(C)c2C)cc1. The van der Waals surface area contributed by atoms with E-state index in [9.17, 15) is 22.4 Å². The molecule has 1 fully saturated rings. The Kier molecular flexibility index (Phi) is 11.3. The zero-order valence-electron chi connectivity index (χ0n) is 27.9. The third-order valence-corrected chi connectivity index (χ3v) is 11.0. The summed E-state index contributed by atoms with van der Waals surface area (Å²) in [7, 11) is -4.21. The minimum absolute atomic E-state index is 0.000605. The number of anilines is 1. The Hall–Kier alpha value is -4.50. The molecule has 0 heterocycles. The number of carbonyl (C=O) groups excluding carboxylic acids is 2. The summed E-state index contributed by atoms with van der Waals surface area (Å²) in [4.78, 5) is 30.5. The summed E-state index contributed by atoms with van der Waals surface area (Å²) in [5.74, 6) is -1.26. The molecule has 1 aliphatic carbocycles. The molecule has 0 bridgehead atoms. The highest BCUT2D eigenvalue weighted by Gasteiger charge is 2.36. The summed E-state index contributed by atoms with van der Waals surface area (Å²) >= 11 is 0. The maximum absolute atomic E-state index is 14.7. The van der Waals surface area contributed by atoms with Crippen LogP contribution in [0.15, 0.2) is 102 Å². The molecule has 4 aromatic rings. The Labute approximate surface area is 283 Å². The van der Waals surface area contributed by atoms with Crippen LogP contribution in [0.3, 0.4) is 0 Å². The summed E-state index contributed by atoms with van der Waals surface area (Å²) in [5, 5.41) is 3.21. The molecule has 9 heteroatoms. The van der Waals surface area contributed by atoms with Gasteiger partial charge in [-0.25, -0.2) is 12.8 Å². The molecule has 7 nitrogen and oxygen atoms in total. The molecule has 48 heavy (non-hydrogen) atoms. The molecular formula is C39H44FN3O4S. The van der Waals surface area contributed by atoms with Gasteiger partial charge in [0.1, 0.15) is 18.4 Å². The van der Waals surface area contributed by atoms with Crippen LogP contribution in [0.1, 0.15) is 59.9 Å². The molecule has 0 aliphatic heterocycles. The van der Waals surface area contributed by atoms with Crippen LogP contribution >= 0.6 is 0 Å². The number of aryl methyl sites for hydroxylation is 2. The first-order valence-corrected chi connectivity index (χ1v) is 18.0. The first-order valence-electron chi connectivity index (χ1n) is 16.6. The van der Waals surface area contributed by atoms with E-state index < -0.39 is 34.3 Å². The van der Waals surface area contributed by atoms with Crippen LogP contribution in [0.25, 0.3) is 0 Å². The van der Waals surface area contributed by atoms with E-state index in [-0.39, 0.29) is 29.8 Å². The lowest BCUT2D eigenvalue weighted by Gasteiger charge is -2.35. The van der Waals surface area contributed by atoms with Crippen LogP contribution in [0.4, 0.5) is 10.1 Å². The first kappa shape index (κ1) is 34.8. The van der Waals surface area contributed by atoms with E-state index in [4.69, 9.17) is 0 Å².